The van der Waals surface area contributed by atoms with Crippen LogP contribution < -0.4 is 19.5 Å². The zero-order chi connectivity index (χ0) is 18.2. The fraction of sp³-hybridized carbons (Fsp3) is 0.316. The average molecular weight is 347 g/mol. The predicted octanol–water partition coefficient (Wildman–Crippen LogP) is 3.10. The number of methoxy groups -OCH3 is 3. The van der Waals surface area contributed by atoms with Crippen molar-refractivity contribution in [3.63, 3.8) is 0 Å². The van der Waals surface area contributed by atoms with Crippen molar-refractivity contribution in [1.29, 1.82) is 0 Å². The van der Waals surface area contributed by atoms with Gasteiger partial charge in [-0.3, -0.25) is 4.79 Å². The standard InChI is InChI=1S/C19H22FNO4/c1-23-16-10-14(11-17(24-2)19(16)25-3)12-21-18(22)9-6-13-4-7-15(20)8-5-13/h4-5,7-8,10-11H,6,9,12H2,1-3H3,(H,21,22). The molecule has 0 spiro atoms. The maximum Gasteiger partial charge on any atom is 0.220 e. The molecule has 0 heterocycles. The van der Waals surface area contributed by atoms with Crippen molar-refractivity contribution in [3.05, 3.63) is 53.3 Å². The van der Waals surface area contributed by atoms with Crippen LogP contribution in [0, 0.1) is 5.82 Å². The summed E-state index contributed by atoms with van der Waals surface area (Å²) in [4.78, 5) is 12.0. The van der Waals surface area contributed by atoms with Crippen LogP contribution in [0.2, 0.25) is 0 Å². The van der Waals surface area contributed by atoms with Crippen molar-refractivity contribution in [3.8, 4) is 17.2 Å². The fourth-order valence-corrected chi connectivity index (χ4v) is 2.44. The lowest BCUT2D eigenvalue weighted by molar-refractivity contribution is -0.121. The minimum Gasteiger partial charge on any atom is -0.493 e. The van der Waals surface area contributed by atoms with E-state index in [9.17, 15) is 9.18 Å². The van der Waals surface area contributed by atoms with Gasteiger partial charge in [0.05, 0.1) is 21.3 Å². The number of ether oxygens (including phenoxy) is 3. The SMILES string of the molecule is COc1cc(CNC(=O)CCc2ccc(F)cc2)cc(OC)c1OC. The normalized spacial score (nSPS) is 10.2. The Kier molecular flexibility index (Phi) is 6.62. The quantitative estimate of drug-likeness (QED) is 0.797. The zero-order valence-electron chi connectivity index (χ0n) is 14.6. The molecule has 2 aromatic rings. The van der Waals surface area contributed by atoms with E-state index in [1.54, 1.807) is 38.5 Å². The van der Waals surface area contributed by atoms with Crippen molar-refractivity contribution in [2.24, 2.45) is 0 Å². The van der Waals surface area contributed by atoms with Gasteiger partial charge in [-0.15, -0.1) is 0 Å². The van der Waals surface area contributed by atoms with Gasteiger partial charge in [-0.25, -0.2) is 4.39 Å². The Labute approximate surface area is 146 Å². The highest BCUT2D eigenvalue weighted by atomic mass is 19.1. The van der Waals surface area contributed by atoms with Crippen LogP contribution in [0.15, 0.2) is 36.4 Å². The molecule has 0 aliphatic carbocycles. The molecule has 0 aliphatic heterocycles. The minimum absolute atomic E-state index is 0.0851. The third kappa shape index (κ3) is 5.11. The third-order valence-corrected chi connectivity index (χ3v) is 3.77. The van der Waals surface area contributed by atoms with Gasteiger partial charge in [0.1, 0.15) is 5.82 Å². The molecule has 134 valence electrons. The smallest absolute Gasteiger partial charge is 0.220 e. The van der Waals surface area contributed by atoms with Gasteiger partial charge >= 0.3 is 0 Å². The number of nitrogens with one attached hydrogen (secondary N) is 1. The lowest BCUT2D eigenvalue weighted by Crippen LogP contribution is -2.23. The van der Waals surface area contributed by atoms with Crippen molar-refractivity contribution in [2.75, 3.05) is 21.3 Å². The summed E-state index contributed by atoms with van der Waals surface area (Å²) in [6, 6.07) is 9.74. The van der Waals surface area contributed by atoms with Crippen LogP contribution in [0.5, 0.6) is 17.2 Å². The van der Waals surface area contributed by atoms with Crippen LogP contribution in [0.25, 0.3) is 0 Å². The molecule has 2 rings (SSSR count). The van der Waals surface area contributed by atoms with E-state index >= 15 is 0 Å². The minimum atomic E-state index is -0.282. The number of carbonyl (C=O) groups is 1. The van der Waals surface area contributed by atoms with Crippen LogP contribution in [0.3, 0.4) is 0 Å². The highest BCUT2D eigenvalue weighted by Gasteiger charge is 2.13. The maximum absolute atomic E-state index is 12.9. The van der Waals surface area contributed by atoms with Gasteiger partial charge in [0, 0.05) is 13.0 Å². The molecule has 5 nitrogen and oxygen atoms in total. The molecule has 0 unspecified atom stereocenters. The molecule has 2 aromatic carbocycles. The first-order valence-electron chi connectivity index (χ1n) is 7.87. The summed E-state index contributed by atoms with van der Waals surface area (Å²) in [5.74, 6) is 1.22. The number of hydrogen-bond donors (Lipinski definition) is 1. The maximum atomic E-state index is 12.9. The van der Waals surface area contributed by atoms with Gasteiger partial charge in [0.25, 0.3) is 0 Å². The molecule has 0 aliphatic rings. The average Bonchev–Trinajstić information content (AvgIpc) is 2.64. The zero-order valence-corrected chi connectivity index (χ0v) is 14.6. The van der Waals surface area contributed by atoms with Gasteiger partial charge in [-0.2, -0.15) is 0 Å². The van der Waals surface area contributed by atoms with E-state index in [0.29, 0.717) is 36.6 Å². The Balaban J connectivity index is 1.93. The van der Waals surface area contributed by atoms with Gasteiger partial charge in [-0.1, -0.05) is 12.1 Å². The van der Waals surface area contributed by atoms with Crippen molar-refractivity contribution in [2.45, 2.75) is 19.4 Å². The van der Waals surface area contributed by atoms with Gasteiger partial charge in [0.2, 0.25) is 11.7 Å². The molecular weight excluding hydrogens is 325 g/mol. The molecule has 0 fully saturated rings. The van der Waals surface area contributed by atoms with Crippen molar-refractivity contribution in [1.82, 2.24) is 5.32 Å². The van der Waals surface area contributed by atoms with Gasteiger partial charge in [0.15, 0.2) is 11.5 Å². The molecule has 0 atom stereocenters. The van der Waals surface area contributed by atoms with E-state index in [1.165, 1.54) is 19.2 Å². The Morgan fingerprint density at radius 1 is 0.960 bits per heavy atom. The van der Waals surface area contributed by atoms with Crippen LogP contribution in [0.4, 0.5) is 4.39 Å². The highest BCUT2D eigenvalue weighted by Crippen LogP contribution is 2.38. The topological polar surface area (TPSA) is 56.8 Å². The summed E-state index contributed by atoms with van der Waals surface area (Å²) in [6.07, 6.45) is 0.886. The summed E-state index contributed by atoms with van der Waals surface area (Å²) in [5.41, 5.74) is 1.76. The van der Waals surface area contributed by atoms with Crippen molar-refractivity contribution >= 4 is 5.91 Å². The number of amides is 1. The molecule has 0 saturated heterocycles. The first-order chi connectivity index (χ1) is 12.1. The highest BCUT2D eigenvalue weighted by molar-refractivity contribution is 5.76. The second-order valence-electron chi connectivity index (χ2n) is 5.44. The first kappa shape index (κ1) is 18.6. The van der Waals surface area contributed by atoms with E-state index in [-0.39, 0.29) is 11.7 Å². The predicted molar refractivity (Wildman–Crippen MR) is 92.7 cm³/mol. The number of carbonyl (C=O) groups excluding carboxylic acids is 1. The van der Waals surface area contributed by atoms with Crippen LogP contribution >= 0.6 is 0 Å². The third-order valence-electron chi connectivity index (χ3n) is 3.77. The summed E-state index contributed by atoms with van der Waals surface area (Å²) < 4.78 is 28.7. The van der Waals surface area contributed by atoms with Crippen LogP contribution in [-0.4, -0.2) is 27.2 Å². The molecule has 0 saturated carbocycles. The Morgan fingerprint density at radius 3 is 2.08 bits per heavy atom. The second kappa shape index (κ2) is 8.92. The second-order valence-corrected chi connectivity index (χ2v) is 5.44. The molecule has 0 aromatic heterocycles. The largest absolute Gasteiger partial charge is 0.493 e. The van der Waals surface area contributed by atoms with Gasteiger partial charge < -0.3 is 19.5 Å². The van der Waals surface area contributed by atoms with E-state index in [0.717, 1.165) is 11.1 Å². The fourth-order valence-electron chi connectivity index (χ4n) is 2.44. The molecule has 1 amide bonds. The molecule has 1 N–H and O–H groups in total. The summed E-state index contributed by atoms with van der Waals surface area (Å²) in [7, 11) is 4.63. The van der Waals surface area contributed by atoms with Crippen LogP contribution in [0.1, 0.15) is 17.5 Å². The molecule has 0 radical (unpaired) electrons. The molecule has 6 heteroatoms. The monoisotopic (exact) mass is 347 g/mol. The van der Waals surface area contributed by atoms with E-state index in [4.69, 9.17) is 14.2 Å². The Bertz CT molecular complexity index is 691. The van der Waals surface area contributed by atoms with Crippen LogP contribution in [-0.2, 0) is 17.8 Å². The molecular formula is C19H22FNO4. The molecule has 0 bridgehead atoms. The number of halogens is 1. The first-order valence-corrected chi connectivity index (χ1v) is 7.87. The number of benzene rings is 2. The van der Waals surface area contributed by atoms with E-state index < -0.39 is 0 Å². The van der Waals surface area contributed by atoms with E-state index in [1.807, 2.05) is 0 Å². The number of rotatable bonds is 8. The van der Waals surface area contributed by atoms with Crippen molar-refractivity contribution < 1.29 is 23.4 Å². The summed E-state index contributed by atoms with van der Waals surface area (Å²) >= 11 is 0. The number of aryl methyl sites for hydroxylation is 1. The summed E-state index contributed by atoms with van der Waals surface area (Å²) in [5, 5.41) is 2.86. The lowest BCUT2D eigenvalue weighted by atomic mass is 10.1. The number of hydrogen-bond acceptors (Lipinski definition) is 4. The van der Waals surface area contributed by atoms with E-state index in [2.05, 4.69) is 5.32 Å². The Morgan fingerprint density at radius 2 is 1.56 bits per heavy atom. The van der Waals surface area contributed by atoms with Gasteiger partial charge in [-0.05, 0) is 41.8 Å². The molecule has 25 heavy (non-hydrogen) atoms. The lowest BCUT2D eigenvalue weighted by Gasteiger charge is -2.14. The summed E-state index contributed by atoms with van der Waals surface area (Å²) in [6.45, 7) is 0.346. The Hall–Kier alpha value is -2.76.